The second-order valence-electron chi connectivity index (χ2n) is 4.63. The van der Waals surface area contributed by atoms with Gasteiger partial charge in [0.05, 0.1) is 0 Å². The summed E-state index contributed by atoms with van der Waals surface area (Å²) in [4.78, 5) is 11.3. The van der Waals surface area contributed by atoms with Gasteiger partial charge >= 0.3 is 0 Å². The van der Waals surface area contributed by atoms with E-state index in [0.717, 1.165) is 18.4 Å². The average molecular weight is 215 g/mol. The molecule has 0 aromatic heterocycles. The average Bonchev–Trinajstić information content (AvgIpc) is 2.21. The van der Waals surface area contributed by atoms with Gasteiger partial charge in [-0.05, 0) is 32.1 Å². The van der Waals surface area contributed by atoms with Crippen LogP contribution in [-0.4, -0.2) is 6.29 Å². The predicted molar refractivity (Wildman–Crippen MR) is 60.4 cm³/mol. The summed E-state index contributed by atoms with van der Waals surface area (Å²) in [6.07, 6.45) is 6.65. The Bertz CT molecular complexity index is 234. The van der Waals surface area contributed by atoms with Crippen molar-refractivity contribution in [1.29, 1.82) is 0 Å². The van der Waals surface area contributed by atoms with Crippen molar-refractivity contribution in [3.8, 4) is 0 Å². The van der Waals surface area contributed by atoms with E-state index in [4.69, 9.17) is 11.6 Å². The van der Waals surface area contributed by atoms with Crippen LogP contribution in [0, 0.1) is 11.3 Å². The molecule has 0 heterocycles. The van der Waals surface area contributed by atoms with Gasteiger partial charge in [0.2, 0.25) is 0 Å². The van der Waals surface area contributed by atoms with E-state index >= 15 is 0 Å². The molecule has 0 aromatic carbocycles. The zero-order valence-electron chi connectivity index (χ0n) is 9.05. The standard InChI is InChI=1S/C12H19ClO/c1-10(8-13)7-12(9-14)6-4-3-5-11(12)2/h8-9,11H,3-7H2,1-2H3/b10-8+. The van der Waals surface area contributed by atoms with Gasteiger partial charge < -0.3 is 4.79 Å². The molecule has 1 fully saturated rings. The Morgan fingerprint density at radius 2 is 2.29 bits per heavy atom. The highest BCUT2D eigenvalue weighted by molar-refractivity contribution is 6.25. The maximum absolute atomic E-state index is 11.3. The maximum atomic E-state index is 11.3. The minimum Gasteiger partial charge on any atom is -0.303 e. The summed E-state index contributed by atoms with van der Waals surface area (Å²) in [6.45, 7) is 4.19. The van der Waals surface area contributed by atoms with Crippen LogP contribution in [0.1, 0.15) is 46.0 Å². The van der Waals surface area contributed by atoms with Crippen LogP contribution in [0.4, 0.5) is 0 Å². The van der Waals surface area contributed by atoms with Crippen molar-refractivity contribution < 1.29 is 4.79 Å². The van der Waals surface area contributed by atoms with E-state index < -0.39 is 0 Å². The quantitative estimate of drug-likeness (QED) is 0.651. The fourth-order valence-electron chi connectivity index (χ4n) is 2.48. The Hall–Kier alpha value is -0.300. The molecule has 0 aliphatic heterocycles. The Kier molecular flexibility index (Phi) is 4.18. The Balaban J connectivity index is 2.77. The fourth-order valence-corrected chi connectivity index (χ4v) is 2.55. The zero-order valence-corrected chi connectivity index (χ0v) is 9.81. The van der Waals surface area contributed by atoms with Gasteiger partial charge in [0.25, 0.3) is 0 Å². The van der Waals surface area contributed by atoms with E-state index in [2.05, 4.69) is 6.92 Å². The molecule has 1 nitrogen and oxygen atoms in total. The Morgan fingerprint density at radius 1 is 1.57 bits per heavy atom. The lowest BCUT2D eigenvalue weighted by Crippen LogP contribution is -2.34. The molecule has 1 aliphatic carbocycles. The minimum absolute atomic E-state index is 0.131. The van der Waals surface area contributed by atoms with E-state index in [1.165, 1.54) is 25.5 Å². The lowest BCUT2D eigenvalue weighted by atomic mass is 9.65. The summed E-state index contributed by atoms with van der Waals surface area (Å²) in [7, 11) is 0. The molecule has 1 aliphatic rings. The highest BCUT2D eigenvalue weighted by atomic mass is 35.5. The number of carbonyl (C=O) groups is 1. The van der Waals surface area contributed by atoms with Gasteiger partial charge in [-0.3, -0.25) is 0 Å². The highest BCUT2D eigenvalue weighted by Gasteiger charge is 2.37. The van der Waals surface area contributed by atoms with Gasteiger partial charge in [-0.1, -0.05) is 36.9 Å². The molecule has 2 heteroatoms. The van der Waals surface area contributed by atoms with Crippen molar-refractivity contribution in [2.75, 3.05) is 0 Å². The first-order chi connectivity index (χ1) is 6.64. The molecule has 14 heavy (non-hydrogen) atoms. The van der Waals surface area contributed by atoms with E-state index in [1.807, 2.05) is 6.92 Å². The van der Waals surface area contributed by atoms with Crippen LogP contribution in [0.5, 0.6) is 0 Å². The van der Waals surface area contributed by atoms with Crippen LogP contribution in [-0.2, 0) is 4.79 Å². The smallest absolute Gasteiger partial charge is 0.126 e. The Morgan fingerprint density at radius 3 is 2.79 bits per heavy atom. The molecule has 0 radical (unpaired) electrons. The summed E-state index contributed by atoms with van der Waals surface area (Å²) >= 11 is 5.66. The third-order valence-electron chi connectivity index (χ3n) is 3.54. The monoisotopic (exact) mass is 214 g/mol. The zero-order chi connectivity index (χ0) is 10.6. The number of carbonyl (C=O) groups excluding carboxylic acids is 1. The molecule has 0 amide bonds. The number of allylic oxidation sites excluding steroid dienone is 1. The molecule has 2 unspecified atom stereocenters. The SMILES string of the molecule is C/C(=C\Cl)CC1(C=O)CCCCC1C. The van der Waals surface area contributed by atoms with Gasteiger partial charge in [0, 0.05) is 11.0 Å². The molecular weight excluding hydrogens is 196 g/mol. The van der Waals surface area contributed by atoms with Crippen LogP contribution in [0.25, 0.3) is 0 Å². The van der Waals surface area contributed by atoms with Crippen molar-refractivity contribution in [2.45, 2.75) is 46.0 Å². The molecule has 1 saturated carbocycles. The molecule has 1 rings (SSSR count). The van der Waals surface area contributed by atoms with Crippen LogP contribution >= 0.6 is 11.6 Å². The third-order valence-corrected chi connectivity index (χ3v) is 3.91. The molecule has 0 N–H and O–H groups in total. The number of rotatable bonds is 3. The summed E-state index contributed by atoms with van der Waals surface area (Å²) < 4.78 is 0. The van der Waals surface area contributed by atoms with Gasteiger partial charge in [-0.15, -0.1) is 0 Å². The van der Waals surface area contributed by atoms with Crippen molar-refractivity contribution in [3.63, 3.8) is 0 Å². The topological polar surface area (TPSA) is 17.1 Å². The van der Waals surface area contributed by atoms with Crippen molar-refractivity contribution in [1.82, 2.24) is 0 Å². The van der Waals surface area contributed by atoms with Gasteiger partial charge in [0.15, 0.2) is 0 Å². The first-order valence-corrected chi connectivity index (χ1v) is 5.80. The van der Waals surface area contributed by atoms with Crippen molar-refractivity contribution in [3.05, 3.63) is 11.1 Å². The largest absolute Gasteiger partial charge is 0.303 e. The van der Waals surface area contributed by atoms with E-state index in [1.54, 1.807) is 5.54 Å². The molecule has 0 aromatic rings. The Labute approximate surface area is 91.5 Å². The minimum atomic E-state index is -0.131. The molecule has 0 saturated heterocycles. The van der Waals surface area contributed by atoms with E-state index in [-0.39, 0.29) is 5.41 Å². The molecule has 0 spiro atoms. The molecule has 2 atom stereocenters. The molecule has 0 bridgehead atoms. The van der Waals surface area contributed by atoms with Gasteiger partial charge in [0.1, 0.15) is 6.29 Å². The number of aldehydes is 1. The first kappa shape index (κ1) is 11.8. The lowest BCUT2D eigenvalue weighted by molar-refractivity contribution is -0.120. The highest BCUT2D eigenvalue weighted by Crippen LogP contribution is 2.43. The summed E-state index contributed by atoms with van der Waals surface area (Å²) in [6, 6.07) is 0. The summed E-state index contributed by atoms with van der Waals surface area (Å²) in [5, 5.41) is 0. The van der Waals surface area contributed by atoms with Crippen molar-refractivity contribution in [2.24, 2.45) is 11.3 Å². The molecule has 80 valence electrons. The van der Waals surface area contributed by atoms with E-state index in [9.17, 15) is 4.79 Å². The second kappa shape index (κ2) is 4.97. The first-order valence-electron chi connectivity index (χ1n) is 5.37. The van der Waals surface area contributed by atoms with E-state index in [0.29, 0.717) is 5.92 Å². The second-order valence-corrected chi connectivity index (χ2v) is 4.85. The summed E-state index contributed by atoms with van der Waals surface area (Å²) in [5.74, 6) is 0.500. The molecular formula is C12H19ClO. The summed E-state index contributed by atoms with van der Waals surface area (Å²) in [5.41, 5.74) is 2.59. The van der Waals surface area contributed by atoms with Crippen LogP contribution in [0.2, 0.25) is 0 Å². The van der Waals surface area contributed by atoms with Crippen molar-refractivity contribution >= 4 is 17.9 Å². The van der Waals surface area contributed by atoms with Gasteiger partial charge in [-0.2, -0.15) is 0 Å². The maximum Gasteiger partial charge on any atom is 0.126 e. The fraction of sp³-hybridized carbons (Fsp3) is 0.750. The van der Waals surface area contributed by atoms with Crippen LogP contribution in [0.3, 0.4) is 0 Å². The normalized spacial score (nSPS) is 34.2. The number of hydrogen-bond donors (Lipinski definition) is 0. The van der Waals surface area contributed by atoms with Crippen LogP contribution < -0.4 is 0 Å². The number of halogens is 1. The predicted octanol–water partition coefficient (Wildman–Crippen LogP) is 3.91. The third kappa shape index (κ3) is 2.38. The lowest BCUT2D eigenvalue weighted by Gasteiger charge is -2.38. The van der Waals surface area contributed by atoms with Crippen LogP contribution in [0.15, 0.2) is 11.1 Å². The van der Waals surface area contributed by atoms with Gasteiger partial charge in [-0.25, -0.2) is 0 Å². The number of hydrogen-bond acceptors (Lipinski definition) is 1.